The molecule has 0 saturated heterocycles. The highest BCUT2D eigenvalue weighted by Crippen LogP contribution is 2.43. The van der Waals surface area contributed by atoms with Gasteiger partial charge >= 0.3 is 5.51 Å². The maximum Gasteiger partial charge on any atom is 0.446 e. The number of rotatable bonds is 3. The molecule has 0 unspecified atom stereocenters. The molecule has 4 rings (SSSR count). The Morgan fingerprint density at radius 1 is 0.933 bits per heavy atom. The fourth-order valence-electron chi connectivity index (χ4n) is 3.18. The summed E-state index contributed by atoms with van der Waals surface area (Å²) in [7, 11) is 0. The number of hydrogen-bond acceptors (Lipinski definition) is 3. The predicted octanol–water partition coefficient (Wildman–Crippen LogP) is 7.68. The second-order valence-electron chi connectivity index (χ2n) is 6.56. The van der Waals surface area contributed by atoms with E-state index in [4.69, 9.17) is 11.6 Å². The fraction of sp³-hybridized carbons (Fsp3) is 0.0909. The van der Waals surface area contributed by atoms with Crippen molar-refractivity contribution in [3.05, 3.63) is 77.1 Å². The second-order valence-corrected chi connectivity index (χ2v) is 8.10. The quantitative estimate of drug-likeness (QED) is 0.237. The minimum Gasteiger partial charge on any atom is -0.228 e. The number of nitrogens with zero attached hydrogens (tertiary/aromatic N) is 2. The Kier molecular flexibility index (Phi) is 5.42. The van der Waals surface area contributed by atoms with Gasteiger partial charge in [0.1, 0.15) is 5.82 Å². The van der Waals surface area contributed by atoms with Gasteiger partial charge in [0.2, 0.25) is 0 Å². The Morgan fingerprint density at radius 2 is 1.67 bits per heavy atom. The van der Waals surface area contributed by atoms with Crippen molar-refractivity contribution in [2.75, 3.05) is 0 Å². The molecule has 0 fully saturated rings. The van der Waals surface area contributed by atoms with Crippen LogP contribution in [0.2, 0.25) is 5.02 Å². The molecule has 0 bridgehead atoms. The number of aromatic nitrogens is 2. The van der Waals surface area contributed by atoms with Crippen LogP contribution < -0.4 is 0 Å². The lowest BCUT2D eigenvalue weighted by atomic mass is 10.0. The van der Waals surface area contributed by atoms with Crippen LogP contribution in [0.15, 0.2) is 65.6 Å². The van der Waals surface area contributed by atoms with Crippen molar-refractivity contribution >= 4 is 34.3 Å². The molecule has 0 aliphatic rings. The number of benzene rings is 3. The molecule has 152 valence electrons. The van der Waals surface area contributed by atoms with E-state index in [1.54, 1.807) is 49.4 Å². The van der Waals surface area contributed by atoms with Gasteiger partial charge in [-0.25, -0.2) is 14.4 Å². The monoisotopic (exact) mass is 448 g/mol. The van der Waals surface area contributed by atoms with Crippen molar-refractivity contribution in [2.24, 2.45) is 0 Å². The molecule has 0 atom stereocenters. The van der Waals surface area contributed by atoms with Crippen LogP contribution in [0.25, 0.3) is 33.5 Å². The first-order valence-corrected chi connectivity index (χ1v) is 10.00. The predicted molar refractivity (Wildman–Crippen MR) is 112 cm³/mol. The van der Waals surface area contributed by atoms with Crippen LogP contribution in [0.5, 0.6) is 0 Å². The van der Waals surface area contributed by atoms with E-state index in [-0.39, 0.29) is 22.5 Å². The van der Waals surface area contributed by atoms with Crippen molar-refractivity contribution in [1.29, 1.82) is 0 Å². The number of fused-ring (bicyclic) bond motifs is 1. The Balaban J connectivity index is 2.00. The molecule has 0 N–H and O–H groups in total. The largest absolute Gasteiger partial charge is 0.446 e. The van der Waals surface area contributed by atoms with Crippen LogP contribution in [0, 0.1) is 12.7 Å². The summed E-state index contributed by atoms with van der Waals surface area (Å²) in [5.41, 5.74) is -1.94. The molecule has 3 aromatic carbocycles. The molecule has 0 amide bonds. The summed E-state index contributed by atoms with van der Waals surface area (Å²) in [6, 6.07) is 15.4. The zero-order chi connectivity index (χ0) is 21.5. The van der Waals surface area contributed by atoms with Crippen LogP contribution in [0.4, 0.5) is 17.6 Å². The molecule has 4 aromatic rings. The van der Waals surface area contributed by atoms with Crippen molar-refractivity contribution < 1.29 is 17.6 Å². The summed E-state index contributed by atoms with van der Waals surface area (Å²) in [4.78, 5) is 9.12. The van der Waals surface area contributed by atoms with Crippen LogP contribution in [-0.4, -0.2) is 15.5 Å². The first-order valence-electron chi connectivity index (χ1n) is 8.80. The smallest absolute Gasteiger partial charge is 0.228 e. The summed E-state index contributed by atoms with van der Waals surface area (Å²) in [5.74, 6) is -0.243. The minimum absolute atomic E-state index is 0.0147. The molecular formula is C22H13ClF4N2S. The van der Waals surface area contributed by atoms with E-state index in [0.717, 1.165) is 0 Å². The maximum atomic E-state index is 13.4. The molecule has 2 nitrogen and oxygen atoms in total. The van der Waals surface area contributed by atoms with Crippen molar-refractivity contribution in [1.82, 2.24) is 9.97 Å². The third kappa shape index (κ3) is 4.27. The van der Waals surface area contributed by atoms with Gasteiger partial charge in [-0.2, -0.15) is 13.2 Å². The van der Waals surface area contributed by atoms with Crippen LogP contribution in [0.1, 0.15) is 5.56 Å². The lowest BCUT2D eigenvalue weighted by Crippen LogP contribution is -2.03. The van der Waals surface area contributed by atoms with Crippen LogP contribution in [-0.2, 0) is 0 Å². The van der Waals surface area contributed by atoms with Gasteiger partial charge in [0.25, 0.3) is 0 Å². The zero-order valence-electron chi connectivity index (χ0n) is 15.5. The van der Waals surface area contributed by atoms with E-state index in [1.807, 2.05) is 0 Å². The maximum absolute atomic E-state index is 13.4. The highest BCUT2D eigenvalue weighted by molar-refractivity contribution is 8.00. The Labute approximate surface area is 178 Å². The van der Waals surface area contributed by atoms with Crippen molar-refractivity contribution in [2.45, 2.75) is 17.3 Å². The summed E-state index contributed by atoms with van der Waals surface area (Å²) in [5, 5.41) is 1.09. The number of thioether (sulfide) groups is 1. The molecule has 0 radical (unpaired) electrons. The minimum atomic E-state index is -4.45. The van der Waals surface area contributed by atoms with E-state index in [2.05, 4.69) is 9.97 Å². The number of hydrogen-bond donors (Lipinski definition) is 0. The van der Waals surface area contributed by atoms with E-state index in [1.165, 1.54) is 18.2 Å². The first kappa shape index (κ1) is 20.6. The van der Waals surface area contributed by atoms with Gasteiger partial charge in [-0.1, -0.05) is 23.7 Å². The third-order valence-electron chi connectivity index (χ3n) is 4.46. The molecular weight excluding hydrogens is 436 g/mol. The lowest BCUT2D eigenvalue weighted by molar-refractivity contribution is -0.0328. The van der Waals surface area contributed by atoms with Gasteiger partial charge in [0.05, 0.1) is 11.2 Å². The van der Waals surface area contributed by atoms with E-state index >= 15 is 0 Å². The van der Waals surface area contributed by atoms with Gasteiger partial charge in [-0.3, -0.25) is 0 Å². The average Bonchev–Trinajstić information content (AvgIpc) is 2.67. The molecule has 8 heteroatoms. The number of halogens is 5. The summed E-state index contributed by atoms with van der Waals surface area (Å²) in [6.07, 6.45) is 0. The molecule has 1 aromatic heterocycles. The van der Waals surface area contributed by atoms with Gasteiger partial charge in [0, 0.05) is 26.4 Å². The second kappa shape index (κ2) is 7.89. The standard InChI is InChI=1S/C22H13ClF4N2S/c1-12-3-2-4-18(30-22(25,26)27)19(12)21-28-17-10-7-14(23)11-16(17)20(29-21)13-5-8-15(24)9-6-13/h2-11H,1H3. The Morgan fingerprint density at radius 3 is 2.37 bits per heavy atom. The zero-order valence-corrected chi connectivity index (χ0v) is 17.0. The average molecular weight is 449 g/mol. The Bertz CT molecular complexity index is 1240. The van der Waals surface area contributed by atoms with Crippen LogP contribution in [0.3, 0.4) is 0 Å². The highest BCUT2D eigenvalue weighted by Gasteiger charge is 2.31. The molecule has 30 heavy (non-hydrogen) atoms. The first-order chi connectivity index (χ1) is 14.2. The molecule has 0 aliphatic carbocycles. The number of aryl methyl sites for hydroxylation is 1. The fourth-order valence-corrected chi connectivity index (χ4v) is 4.10. The van der Waals surface area contributed by atoms with E-state index in [0.29, 0.717) is 38.3 Å². The van der Waals surface area contributed by atoms with Gasteiger partial charge in [-0.05, 0) is 72.8 Å². The number of alkyl halides is 3. The third-order valence-corrected chi connectivity index (χ3v) is 5.49. The van der Waals surface area contributed by atoms with E-state index in [9.17, 15) is 17.6 Å². The van der Waals surface area contributed by atoms with Crippen LogP contribution >= 0.6 is 23.4 Å². The Hall–Kier alpha value is -2.64. The van der Waals surface area contributed by atoms with Gasteiger partial charge < -0.3 is 0 Å². The highest BCUT2D eigenvalue weighted by atomic mass is 35.5. The summed E-state index contributed by atoms with van der Waals surface area (Å²) in [6.45, 7) is 1.71. The normalized spacial score (nSPS) is 11.8. The molecule has 0 aliphatic heterocycles. The van der Waals surface area contributed by atoms with Crippen molar-refractivity contribution in [3.8, 4) is 22.6 Å². The SMILES string of the molecule is Cc1cccc(SC(F)(F)F)c1-c1nc(-c2ccc(F)cc2)c2cc(Cl)ccc2n1. The topological polar surface area (TPSA) is 25.8 Å². The summed E-state index contributed by atoms with van der Waals surface area (Å²) >= 11 is 5.94. The lowest BCUT2D eigenvalue weighted by Gasteiger charge is -2.15. The molecule has 0 spiro atoms. The van der Waals surface area contributed by atoms with E-state index < -0.39 is 11.3 Å². The van der Waals surface area contributed by atoms with Gasteiger partial charge in [-0.15, -0.1) is 0 Å². The van der Waals surface area contributed by atoms with Crippen molar-refractivity contribution in [3.63, 3.8) is 0 Å². The molecule has 0 saturated carbocycles. The summed E-state index contributed by atoms with van der Waals surface area (Å²) < 4.78 is 52.8. The van der Waals surface area contributed by atoms with Gasteiger partial charge in [0.15, 0.2) is 5.82 Å². The molecule has 1 heterocycles.